The van der Waals surface area contributed by atoms with E-state index in [0.717, 1.165) is 27.5 Å². The first kappa shape index (κ1) is 14.6. The summed E-state index contributed by atoms with van der Waals surface area (Å²) in [6, 6.07) is 16.5. The van der Waals surface area contributed by atoms with Gasteiger partial charge in [0, 0.05) is 22.7 Å². The van der Waals surface area contributed by atoms with Crippen molar-refractivity contribution in [3.05, 3.63) is 82.1 Å². The Balaban J connectivity index is 1.61. The second-order valence-corrected chi connectivity index (χ2v) is 6.86. The average Bonchev–Trinajstić information content (AvgIpc) is 3.29. The van der Waals surface area contributed by atoms with Gasteiger partial charge in [0.05, 0.1) is 6.21 Å². The molecule has 0 radical (unpaired) electrons. The number of aromatic nitrogens is 2. The minimum Gasteiger partial charge on any atom is -0.288 e. The zero-order valence-electron chi connectivity index (χ0n) is 12.9. The van der Waals surface area contributed by atoms with Crippen molar-refractivity contribution in [2.45, 2.75) is 0 Å². The molecule has 0 spiro atoms. The van der Waals surface area contributed by atoms with Crippen LogP contribution in [-0.4, -0.2) is 21.3 Å². The van der Waals surface area contributed by atoms with Crippen molar-refractivity contribution in [1.82, 2.24) is 9.38 Å². The molecule has 4 aromatic rings. The van der Waals surface area contributed by atoms with Gasteiger partial charge in [-0.2, -0.15) is 5.10 Å². The van der Waals surface area contributed by atoms with Gasteiger partial charge in [0.1, 0.15) is 11.4 Å². The Morgan fingerprint density at radius 1 is 0.960 bits per heavy atom. The maximum atomic E-state index is 6.20. The van der Waals surface area contributed by atoms with E-state index in [1.807, 2.05) is 40.2 Å². The predicted octanol–water partition coefficient (Wildman–Crippen LogP) is 4.90. The molecule has 4 nitrogen and oxygen atoms in total. The van der Waals surface area contributed by atoms with Gasteiger partial charge in [-0.15, -0.1) is 16.4 Å². The van der Waals surface area contributed by atoms with Gasteiger partial charge in [-0.1, -0.05) is 60.1 Å². The van der Waals surface area contributed by atoms with Crippen LogP contribution in [0, 0.1) is 0 Å². The molecule has 0 atom stereocenters. The molecule has 25 heavy (non-hydrogen) atoms. The van der Waals surface area contributed by atoms with E-state index < -0.39 is 0 Å². The fourth-order valence-corrected chi connectivity index (χ4v) is 4.13. The van der Waals surface area contributed by atoms with Crippen LogP contribution in [0.2, 0.25) is 5.15 Å². The maximum Gasteiger partial charge on any atom is 0.195 e. The van der Waals surface area contributed by atoms with Crippen molar-refractivity contribution in [2.75, 3.05) is 0 Å². The van der Waals surface area contributed by atoms with Crippen LogP contribution in [0.1, 0.15) is 16.8 Å². The van der Waals surface area contributed by atoms with Crippen molar-refractivity contribution in [3.63, 3.8) is 0 Å². The van der Waals surface area contributed by atoms with Crippen molar-refractivity contribution in [3.8, 4) is 11.1 Å². The Morgan fingerprint density at radius 2 is 1.60 bits per heavy atom. The van der Waals surface area contributed by atoms with E-state index >= 15 is 0 Å². The van der Waals surface area contributed by atoms with E-state index in [1.165, 1.54) is 22.5 Å². The first-order valence-corrected chi connectivity index (χ1v) is 9.00. The third-order valence-electron chi connectivity index (χ3n) is 4.25. The molecule has 0 amide bonds. The van der Waals surface area contributed by atoms with Crippen LogP contribution < -0.4 is 0 Å². The van der Waals surface area contributed by atoms with Crippen molar-refractivity contribution in [1.29, 1.82) is 0 Å². The summed E-state index contributed by atoms with van der Waals surface area (Å²) in [5, 5.41) is 11.2. The van der Waals surface area contributed by atoms with E-state index in [0.29, 0.717) is 5.15 Å². The number of hydrogen-bond acceptors (Lipinski definition) is 4. The predicted molar refractivity (Wildman–Crippen MR) is 103 cm³/mol. The van der Waals surface area contributed by atoms with Crippen LogP contribution in [0.4, 0.5) is 0 Å². The Bertz CT molecular complexity index is 1120. The van der Waals surface area contributed by atoms with Crippen LogP contribution in [0.15, 0.2) is 70.3 Å². The summed E-state index contributed by atoms with van der Waals surface area (Å²) in [7, 11) is 0. The van der Waals surface area contributed by atoms with E-state index in [4.69, 9.17) is 11.6 Å². The molecule has 0 N–H and O–H groups in total. The van der Waals surface area contributed by atoms with Crippen LogP contribution in [0.5, 0.6) is 0 Å². The highest BCUT2D eigenvalue weighted by atomic mass is 35.5. The first-order valence-electron chi connectivity index (χ1n) is 7.74. The molecule has 5 rings (SSSR count). The van der Waals surface area contributed by atoms with E-state index in [2.05, 4.69) is 39.5 Å². The maximum absolute atomic E-state index is 6.20. The zero-order valence-corrected chi connectivity index (χ0v) is 14.5. The molecular formula is C19H11ClN4S. The lowest BCUT2D eigenvalue weighted by molar-refractivity contribution is 1.19. The molecule has 0 unspecified atom stereocenters. The van der Waals surface area contributed by atoms with Crippen LogP contribution in [0.25, 0.3) is 16.1 Å². The lowest BCUT2D eigenvalue weighted by Crippen LogP contribution is -1.97. The molecule has 0 bridgehead atoms. The fraction of sp³-hybridized carbons (Fsp3) is 0. The quantitative estimate of drug-likeness (QED) is 0.325. The lowest BCUT2D eigenvalue weighted by atomic mass is 10.1. The van der Waals surface area contributed by atoms with Gasteiger partial charge in [0.15, 0.2) is 10.1 Å². The summed E-state index contributed by atoms with van der Waals surface area (Å²) >= 11 is 7.73. The normalized spacial score (nSPS) is 12.8. The summed E-state index contributed by atoms with van der Waals surface area (Å²) in [6.07, 6.45) is 3.58. The van der Waals surface area contributed by atoms with E-state index in [9.17, 15) is 0 Å². The second-order valence-electron chi connectivity index (χ2n) is 5.63. The molecule has 1 aliphatic rings. The number of hydrogen-bond donors (Lipinski definition) is 0. The van der Waals surface area contributed by atoms with Crippen molar-refractivity contribution >= 4 is 39.8 Å². The SMILES string of the molecule is Clc1nc2sccn2c1/C=N\N=C1c2ccccc2-c2ccccc21. The van der Waals surface area contributed by atoms with Gasteiger partial charge in [-0.05, 0) is 11.1 Å². The molecule has 6 heteroatoms. The molecular weight excluding hydrogens is 352 g/mol. The molecule has 2 aromatic heterocycles. The summed E-state index contributed by atoms with van der Waals surface area (Å²) in [5.41, 5.74) is 6.19. The van der Waals surface area contributed by atoms with Crippen LogP contribution in [-0.2, 0) is 0 Å². The third kappa shape index (κ3) is 2.24. The minimum absolute atomic E-state index is 0.433. The first-order chi connectivity index (χ1) is 12.3. The van der Waals surface area contributed by atoms with Crippen molar-refractivity contribution < 1.29 is 0 Å². The van der Waals surface area contributed by atoms with Gasteiger partial charge in [-0.3, -0.25) is 4.40 Å². The monoisotopic (exact) mass is 362 g/mol. The number of rotatable bonds is 2. The Kier molecular flexibility index (Phi) is 3.29. The number of halogens is 1. The fourth-order valence-electron chi connectivity index (χ4n) is 3.14. The van der Waals surface area contributed by atoms with Gasteiger partial charge < -0.3 is 0 Å². The Hall–Kier alpha value is -2.76. The van der Waals surface area contributed by atoms with Gasteiger partial charge in [0.2, 0.25) is 0 Å². The largest absolute Gasteiger partial charge is 0.288 e. The zero-order chi connectivity index (χ0) is 16.8. The Labute approximate surface area is 152 Å². The highest BCUT2D eigenvalue weighted by Crippen LogP contribution is 2.36. The molecule has 0 aliphatic heterocycles. The lowest BCUT2D eigenvalue weighted by Gasteiger charge is -1.98. The topological polar surface area (TPSA) is 42.0 Å². The Morgan fingerprint density at radius 3 is 2.28 bits per heavy atom. The molecule has 0 saturated carbocycles. The molecule has 120 valence electrons. The van der Waals surface area contributed by atoms with E-state index in [1.54, 1.807) is 6.21 Å². The summed E-state index contributed by atoms with van der Waals surface area (Å²) < 4.78 is 1.91. The van der Waals surface area contributed by atoms with Crippen LogP contribution >= 0.6 is 22.9 Å². The number of thiazole rings is 1. The molecule has 0 saturated heterocycles. The highest BCUT2D eigenvalue weighted by Gasteiger charge is 2.23. The number of imidazole rings is 1. The number of fused-ring (bicyclic) bond motifs is 4. The highest BCUT2D eigenvalue weighted by molar-refractivity contribution is 7.15. The van der Waals surface area contributed by atoms with Gasteiger partial charge in [0.25, 0.3) is 0 Å². The summed E-state index contributed by atoms with van der Waals surface area (Å²) in [4.78, 5) is 5.15. The van der Waals surface area contributed by atoms with Gasteiger partial charge in [-0.25, -0.2) is 4.98 Å². The second kappa shape index (κ2) is 5.65. The van der Waals surface area contributed by atoms with Crippen LogP contribution in [0.3, 0.4) is 0 Å². The average molecular weight is 363 g/mol. The summed E-state index contributed by atoms with van der Waals surface area (Å²) in [5.74, 6) is 0. The third-order valence-corrected chi connectivity index (χ3v) is 5.28. The molecule has 0 fully saturated rings. The van der Waals surface area contributed by atoms with E-state index in [-0.39, 0.29) is 0 Å². The molecule has 2 aromatic carbocycles. The molecule has 2 heterocycles. The standard InChI is InChI=1S/C19H11ClN4S/c20-18-16(24-9-10-25-19(24)22-18)11-21-23-17-14-7-3-1-5-12(14)13-6-2-4-8-15(13)17/h1-11H/b21-11-. The minimum atomic E-state index is 0.433. The van der Waals surface area contributed by atoms with Gasteiger partial charge >= 0.3 is 0 Å². The van der Waals surface area contributed by atoms with Crippen molar-refractivity contribution in [2.24, 2.45) is 10.2 Å². The number of nitrogens with zero attached hydrogens (tertiary/aromatic N) is 4. The number of benzene rings is 2. The smallest absolute Gasteiger partial charge is 0.195 e. The summed E-state index contributed by atoms with van der Waals surface area (Å²) in [6.45, 7) is 0. The molecule has 1 aliphatic carbocycles.